The normalized spacial score (nSPS) is 16.4. The van der Waals surface area contributed by atoms with E-state index in [0.29, 0.717) is 29.9 Å². The van der Waals surface area contributed by atoms with Crippen molar-refractivity contribution in [3.8, 4) is 0 Å². The van der Waals surface area contributed by atoms with Crippen LogP contribution in [0.15, 0.2) is 20.7 Å². The molecular weight excluding hydrogens is 347 g/mol. The molecule has 1 aromatic rings. The van der Waals surface area contributed by atoms with Crippen molar-refractivity contribution in [1.29, 1.82) is 0 Å². The second-order valence-corrected chi connectivity index (χ2v) is 8.93. The molecule has 1 aromatic heterocycles. The Labute approximate surface area is 150 Å². The van der Waals surface area contributed by atoms with Crippen LogP contribution in [0.1, 0.15) is 12.0 Å². The first kappa shape index (κ1) is 19.1. The van der Waals surface area contributed by atoms with Crippen LogP contribution in [0.2, 0.25) is 0 Å². The van der Waals surface area contributed by atoms with Crippen LogP contribution < -0.4 is 29.6 Å². The summed E-state index contributed by atoms with van der Waals surface area (Å²) in [6.45, 7) is 0.691. The van der Waals surface area contributed by atoms with E-state index >= 15 is 0 Å². The Bertz CT molecular complexity index is 739. The largest absolute Gasteiger partial charge is 1.00 e. The van der Waals surface area contributed by atoms with Gasteiger partial charge in [0.2, 0.25) is 0 Å². The third kappa shape index (κ3) is 4.08. The first-order valence-electron chi connectivity index (χ1n) is 5.59. The molecule has 7 nitrogen and oxygen atoms in total. The van der Waals surface area contributed by atoms with E-state index in [9.17, 15) is 16.8 Å². The SMILES string of the molecule is COCCCN1C=Cc2cc(S([NH-])(=O)=O)sc2S1(=O)=O.[Na+]. The molecule has 0 spiro atoms. The molecule has 0 aliphatic carbocycles. The van der Waals surface area contributed by atoms with Gasteiger partial charge in [-0.3, -0.25) is 4.31 Å². The van der Waals surface area contributed by atoms with Crippen molar-refractivity contribution < 1.29 is 51.1 Å². The Morgan fingerprint density at radius 3 is 2.67 bits per heavy atom. The minimum absolute atomic E-state index is 0. The quantitative estimate of drug-likeness (QED) is 0.470. The van der Waals surface area contributed by atoms with Crippen LogP contribution in [0, 0.1) is 0 Å². The van der Waals surface area contributed by atoms with Crippen LogP contribution in [0.5, 0.6) is 0 Å². The van der Waals surface area contributed by atoms with Crippen molar-refractivity contribution in [2.75, 3.05) is 20.3 Å². The summed E-state index contributed by atoms with van der Waals surface area (Å²) >= 11 is 0.605. The monoisotopic (exact) mass is 360 g/mol. The number of hydrogen-bond acceptors (Lipinski definition) is 6. The molecule has 1 N–H and O–H groups in total. The average molecular weight is 360 g/mol. The average Bonchev–Trinajstić information content (AvgIpc) is 2.77. The number of nitrogens with one attached hydrogen (secondary N) is 1. The van der Waals surface area contributed by atoms with Gasteiger partial charge in [-0.2, -0.15) is 0 Å². The topological polar surface area (TPSA) is 105 Å². The first-order chi connectivity index (χ1) is 9.26. The molecule has 0 saturated heterocycles. The van der Waals surface area contributed by atoms with Gasteiger partial charge in [-0.25, -0.2) is 16.8 Å². The summed E-state index contributed by atoms with van der Waals surface area (Å²) in [7, 11) is -6.36. The fourth-order valence-electron chi connectivity index (χ4n) is 1.73. The van der Waals surface area contributed by atoms with Crippen LogP contribution in [0.4, 0.5) is 0 Å². The minimum atomic E-state index is -4.15. The van der Waals surface area contributed by atoms with Crippen molar-refractivity contribution >= 4 is 37.5 Å². The number of rotatable bonds is 5. The van der Waals surface area contributed by atoms with E-state index in [4.69, 9.17) is 9.88 Å². The molecule has 1 aliphatic heterocycles. The van der Waals surface area contributed by atoms with Gasteiger partial charge < -0.3 is 9.88 Å². The predicted molar refractivity (Wildman–Crippen MR) is 75.2 cm³/mol. The molecule has 0 aromatic carbocycles. The van der Waals surface area contributed by atoms with Crippen molar-refractivity contribution in [2.24, 2.45) is 0 Å². The van der Waals surface area contributed by atoms with Crippen LogP contribution in [0.3, 0.4) is 0 Å². The van der Waals surface area contributed by atoms with E-state index in [0.717, 1.165) is 4.31 Å². The van der Waals surface area contributed by atoms with Gasteiger partial charge in [0.15, 0.2) is 0 Å². The van der Waals surface area contributed by atoms with Gasteiger partial charge in [0.25, 0.3) is 10.0 Å². The van der Waals surface area contributed by atoms with Gasteiger partial charge in [0.05, 0.1) is 0 Å². The Morgan fingerprint density at radius 1 is 1.43 bits per heavy atom. The standard InChI is InChI=1S/C10H13N2O5S3.Na/c1-17-6-2-4-12-5-3-8-7-9(19(11,13)14)18-10(8)20(12,15)16;/h3,5,7H,2,4,6H2,1H3,(H-,11,13,14);/q-1;+1. The maximum absolute atomic E-state index is 12.3. The van der Waals surface area contributed by atoms with Crippen molar-refractivity contribution in [3.05, 3.63) is 23.0 Å². The fraction of sp³-hybridized carbons (Fsp3) is 0.400. The molecule has 21 heavy (non-hydrogen) atoms. The number of methoxy groups -OCH3 is 1. The Kier molecular flexibility index (Phi) is 6.45. The maximum Gasteiger partial charge on any atom is 1.00 e. The van der Waals surface area contributed by atoms with Gasteiger partial charge in [-0.05, 0) is 18.6 Å². The van der Waals surface area contributed by atoms with Crippen molar-refractivity contribution in [1.82, 2.24) is 4.31 Å². The first-order valence-corrected chi connectivity index (χ1v) is 9.33. The summed E-state index contributed by atoms with van der Waals surface area (Å²) in [4.78, 5) is 0. The van der Waals surface area contributed by atoms with Gasteiger partial charge in [-0.1, -0.05) is 0 Å². The van der Waals surface area contributed by atoms with Gasteiger partial charge >= 0.3 is 29.6 Å². The van der Waals surface area contributed by atoms with Gasteiger partial charge in [0.1, 0.15) is 18.4 Å². The smallest absolute Gasteiger partial charge is 0.559 e. The number of nitrogens with zero attached hydrogens (tertiary/aromatic N) is 1. The van der Waals surface area contributed by atoms with E-state index in [1.54, 1.807) is 0 Å². The summed E-state index contributed by atoms with van der Waals surface area (Å²) in [6.07, 6.45) is 3.47. The Hall–Kier alpha value is 0.0600. The van der Waals surface area contributed by atoms with Crippen LogP contribution in [-0.2, 0) is 24.8 Å². The zero-order valence-corrected chi connectivity index (χ0v) is 16.0. The fourth-order valence-corrected chi connectivity index (χ4v) is 5.67. The summed E-state index contributed by atoms with van der Waals surface area (Å²) in [5.41, 5.74) is 0.309. The molecule has 0 bridgehead atoms. The molecule has 0 atom stereocenters. The molecule has 2 heterocycles. The van der Waals surface area contributed by atoms with E-state index in [-0.39, 0.29) is 44.5 Å². The molecule has 0 radical (unpaired) electrons. The number of ether oxygens (including phenoxy) is 1. The third-order valence-corrected chi connectivity index (χ3v) is 7.46. The molecule has 0 saturated carbocycles. The third-order valence-electron chi connectivity index (χ3n) is 2.66. The molecule has 2 rings (SSSR count). The van der Waals surface area contributed by atoms with E-state index in [1.165, 1.54) is 25.5 Å². The summed E-state index contributed by atoms with van der Waals surface area (Å²) < 4.78 is 52.7. The molecule has 11 heteroatoms. The summed E-state index contributed by atoms with van der Waals surface area (Å²) in [5.74, 6) is 0. The van der Waals surface area contributed by atoms with Crippen LogP contribution in [0.25, 0.3) is 11.2 Å². The number of thiophene rings is 1. The van der Waals surface area contributed by atoms with Crippen LogP contribution >= 0.6 is 11.3 Å². The predicted octanol–water partition coefficient (Wildman–Crippen LogP) is -1.50. The molecule has 0 amide bonds. The maximum atomic E-state index is 12.3. The van der Waals surface area contributed by atoms with Crippen molar-refractivity contribution in [3.63, 3.8) is 0 Å². The van der Waals surface area contributed by atoms with Crippen molar-refractivity contribution in [2.45, 2.75) is 14.8 Å². The van der Waals surface area contributed by atoms with Gasteiger partial charge in [-0.15, -0.1) is 11.3 Å². The Balaban J connectivity index is 0.00000220. The Morgan fingerprint density at radius 2 is 2.10 bits per heavy atom. The second kappa shape index (κ2) is 7.09. The number of fused-ring (bicyclic) bond motifs is 1. The molecule has 112 valence electrons. The van der Waals surface area contributed by atoms with Gasteiger partial charge in [0, 0.05) is 32.0 Å². The number of sulfonamides is 2. The van der Waals surface area contributed by atoms with E-state index in [2.05, 4.69) is 0 Å². The van der Waals surface area contributed by atoms with E-state index in [1.807, 2.05) is 0 Å². The molecule has 0 fully saturated rings. The minimum Gasteiger partial charge on any atom is -0.559 e. The van der Waals surface area contributed by atoms with E-state index < -0.39 is 20.0 Å². The summed E-state index contributed by atoms with van der Waals surface area (Å²) in [5, 5.41) is 7.00. The molecular formula is C10H13N2NaO5S3. The second-order valence-electron chi connectivity index (χ2n) is 4.09. The molecule has 1 aliphatic rings. The van der Waals surface area contributed by atoms with Crippen LogP contribution in [-0.4, -0.2) is 41.4 Å². The molecule has 0 unspecified atom stereocenters. The zero-order chi connectivity index (χ0) is 15.0. The summed E-state index contributed by atoms with van der Waals surface area (Å²) in [6, 6.07) is 1.21. The number of hydrogen-bond donors (Lipinski definition) is 0. The zero-order valence-electron chi connectivity index (χ0n) is 11.6.